The van der Waals surface area contributed by atoms with Crippen LogP contribution in [0, 0.1) is 0 Å². The Hall–Kier alpha value is -1.87. The number of hydrogen-bond donors (Lipinski definition) is 1. The first-order valence-electron chi connectivity index (χ1n) is 5.58. The Bertz CT molecular complexity index is 552. The first-order valence-corrected chi connectivity index (χ1v) is 6.11. The van der Waals surface area contributed by atoms with Crippen molar-refractivity contribution in [3.05, 3.63) is 48.2 Å². The number of pyridine rings is 1. The molecule has 2 rings (SSSR count). The van der Waals surface area contributed by atoms with E-state index in [4.69, 9.17) is 11.6 Å². The normalized spacial score (nSPS) is 10.1. The molecule has 1 aromatic carbocycles. The van der Waals surface area contributed by atoms with E-state index in [0.29, 0.717) is 5.88 Å². The molecular weight excluding hydrogens is 248 g/mol. The number of rotatable bonds is 3. The first kappa shape index (κ1) is 12.6. The zero-order valence-corrected chi connectivity index (χ0v) is 10.7. The number of aromatic nitrogens is 1. The number of nitrogens with one attached hydrogen (secondary N) is 1. The van der Waals surface area contributed by atoms with Gasteiger partial charge >= 0.3 is 0 Å². The molecule has 1 aromatic heterocycles. The third-order valence-corrected chi connectivity index (χ3v) is 2.79. The maximum Gasteiger partial charge on any atom is 0.221 e. The lowest BCUT2D eigenvalue weighted by Crippen LogP contribution is -2.05. The molecule has 1 amide bonds. The van der Waals surface area contributed by atoms with Crippen molar-refractivity contribution >= 4 is 23.2 Å². The summed E-state index contributed by atoms with van der Waals surface area (Å²) in [6.45, 7) is 1.49. The van der Waals surface area contributed by atoms with Crippen LogP contribution in [0.5, 0.6) is 0 Å². The molecule has 92 valence electrons. The molecule has 0 aliphatic heterocycles. The third-order valence-electron chi connectivity index (χ3n) is 2.48. The van der Waals surface area contributed by atoms with Gasteiger partial charge in [0.25, 0.3) is 0 Å². The molecule has 0 unspecified atom stereocenters. The van der Waals surface area contributed by atoms with Crippen molar-refractivity contribution in [3.8, 4) is 11.3 Å². The molecule has 18 heavy (non-hydrogen) atoms. The number of hydrogen-bond acceptors (Lipinski definition) is 2. The fourth-order valence-corrected chi connectivity index (χ4v) is 1.81. The highest BCUT2D eigenvalue weighted by molar-refractivity contribution is 6.17. The zero-order chi connectivity index (χ0) is 13.0. The molecule has 4 heteroatoms. The van der Waals surface area contributed by atoms with E-state index in [1.54, 1.807) is 6.20 Å². The van der Waals surface area contributed by atoms with Gasteiger partial charge in [-0.1, -0.05) is 12.1 Å². The van der Waals surface area contributed by atoms with E-state index in [2.05, 4.69) is 10.3 Å². The number of amides is 1. The largest absolute Gasteiger partial charge is 0.326 e. The van der Waals surface area contributed by atoms with Crippen LogP contribution in [0.3, 0.4) is 0 Å². The topological polar surface area (TPSA) is 42.0 Å². The summed E-state index contributed by atoms with van der Waals surface area (Å²) in [6, 6.07) is 11.4. The Balaban J connectivity index is 2.25. The molecule has 0 saturated carbocycles. The molecule has 0 saturated heterocycles. The molecular formula is C14H13ClN2O. The highest BCUT2D eigenvalue weighted by Gasteiger charge is 2.01. The number of nitrogens with zero attached hydrogens (tertiary/aromatic N) is 1. The van der Waals surface area contributed by atoms with E-state index in [9.17, 15) is 4.79 Å². The second kappa shape index (κ2) is 5.65. The van der Waals surface area contributed by atoms with Gasteiger partial charge in [-0.15, -0.1) is 11.6 Å². The summed E-state index contributed by atoms with van der Waals surface area (Å²) in [7, 11) is 0. The number of halogens is 1. The van der Waals surface area contributed by atoms with Crippen molar-refractivity contribution in [2.45, 2.75) is 12.8 Å². The summed E-state index contributed by atoms with van der Waals surface area (Å²) in [5.41, 5.74) is 3.69. The van der Waals surface area contributed by atoms with Gasteiger partial charge in [0, 0.05) is 30.3 Å². The van der Waals surface area contributed by atoms with Gasteiger partial charge in [0.05, 0.1) is 5.69 Å². The molecule has 0 fully saturated rings. The molecule has 0 aliphatic rings. The Morgan fingerprint density at radius 3 is 2.61 bits per heavy atom. The van der Waals surface area contributed by atoms with Gasteiger partial charge in [-0.3, -0.25) is 9.78 Å². The fraction of sp³-hybridized carbons (Fsp3) is 0.143. The van der Waals surface area contributed by atoms with E-state index in [-0.39, 0.29) is 5.91 Å². The maximum atomic E-state index is 10.9. The number of carbonyl (C=O) groups excluding carboxylic acids is 1. The van der Waals surface area contributed by atoms with Crippen LogP contribution >= 0.6 is 11.6 Å². The highest BCUT2D eigenvalue weighted by Crippen LogP contribution is 2.20. The summed E-state index contributed by atoms with van der Waals surface area (Å²) in [5.74, 6) is 0.393. The van der Waals surface area contributed by atoms with Crippen molar-refractivity contribution in [1.29, 1.82) is 0 Å². The van der Waals surface area contributed by atoms with Crippen LogP contribution in [0.2, 0.25) is 0 Å². The summed E-state index contributed by atoms with van der Waals surface area (Å²) in [6.07, 6.45) is 1.74. The molecule has 1 heterocycles. The van der Waals surface area contributed by atoms with Crippen LogP contribution in [0.4, 0.5) is 5.69 Å². The van der Waals surface area contributed by atoms with Crippen molar-refractivity contribution in [2.75, 3.05) is 5.32 Å². The molecule has 0 aliphatic carbocycles. The summed E-state index contributed by atoms with van der Waals surface area (Å²) < 4.78 is 0. The summed E-state index contributed by atoms with van der Waals surface area (Å²) >= 11 is 5.79. The minimum Gasteiger partial charge on any atom is -0.326 e. The van der Waals surface area contributed by atoms with E-state index in [1.165, 1.54) is 6.92 Å². The second-order valence-electron chi connectivity index (χ2n) is 3.94. The minimum atomic E-state index is -0.0787. The zero-order valence-electron chi connectivity index (χ0n) is 9.98. The predicted molar refractivity (Wildman–Crippen MR) is 73.5 cm³/mol. The Morgan fingerprint density at radius 2 is 2.00 bits per heavy atom. The number of benzene rings is 1. The third kappa shape index (κ3) is 3.08. The quantitative estimate of drug-likeness (QED) is 0.859. The van der Waals surface area contributed by atoms with Gasteiger partial charge in [0.1, 0.15) is 0 Å². The minimum absolute atomic E-state index is 0.0787. The molecule has 3 nitrogen and oxygen atoms in total. The van der Waals surface area contributed by atoms with E-state index in [1.807, 2.05) is 36.4 Å². The van der Waals surface area contributed by atoms with Gasteiger partial charge in [0.15, 0.2) is 0 Å². The van der Waals surface area contributed by atoms with Crippen LogP contribution in [0.25, 0.3) is 11.3 Å². The van der Waals surface area contributed by atoms with Gasteiger partial charge in [-0.25, -0.2) is 0 Å². The maximum absolute atomic E-state index is 10.9. The fourth-order valence-electron chi connectivity index (χ4n) is 1.64. The van der Waals surface area contributed by atoms with Gasteiger partial charge in [-0.2, -0.15) is 0 Å². The molecule has 2 aromatic rings. The Morgan fingerprint density at radius 1 is 1.28 bits per heavy atom. The average Bonchev–Trinajstić information content (AvgIpc) is 2.39. The van der Waals surface area contributed by atoms with Crippen molar-refractivity contribution in [2.24, 2.45) is 0 Å². The van der Waals surface area contributed by atoms with Crippen molar-refractivity contribution in [3.63, 3.8) is 0 Å². The van der Waals surface area contributed by atoms with Gasteiger partial charge < -0.3 is 5.32 Å². The lowest BCUT2D eigenvalue weighted by molar-refractivity contribution is -0.114. The second-order valence-corrected chi connectivity index (χ2v) is 4.21. The average molecular weight is 261 g/mol. The van der Waals surface area contributed by atoms with E-state index >= 15 is 0 Å². The monoisotopic (exact) mass is 260 g/mol. The molecule has 1 N–H and O–H groups in total. The summed E-state index contributed by atoms with van der Waals surface area (Å²) in [4.78, 5) is 15.2. The van der Waals surface area contributed by atoms with Gasteiger partial charge in [0.2, 0.25) is 5.91 Å². The smallest absolute Gasteiger partial charge is 0.221 e. The SMILES string of the molecule is CC(=O)Nc1ccc(-c2cc(CCl)ccn2)cc1. The first-order chi connectivity index (χ1) is 8.69. The standard InChI is InChI=1S/C14H13ClN2O/c1-10(18)17-13-4-2-12(3-5-13)14-8-11(9-15)6-7-16-14/h2-8H,9H2,1H3,(H,17,18). The molecule has 0 spiro atoms. The molecule has 0 bridgehead atoms. The van der Waals surface area contributed by atoms with E-state index < -0.39 is 0 Å². The Kier molecular flexibility index (Phi) is 3.95. The molecule has 0 atom stereocenters. The van der Waals surface area contributed by atoms with E-state index in [0.717, 1.165) is 22.5 Å². The van der Waals surface area contributed by atoms with Crippen molar-refractivity contribution < 1.29 is 4.79 Å². The number of anilines is 1. The van der Waals surface area contributed by atoms with Crippen LogP contribution in [-0.2, 0) is 10.7 Å². The summed E-state index contributed by atoms with van der Waals surface area (Å²) in [5, 5.41) is 2.73. The Labute approximate surface area is 111 Å². The predicted octanol–water partition coefficient (Wildman–Crippen LogP) is 3.45. The molecule has 0 radical (unpaired) electrons. The highest BCUT2D eigenvalue weighted by atomic mass is 35.5. The lowest BCUT2D eigenvalue weighted by atomic mass is 10.1. The van der Waals surface area contributed by atoms with Crippen LogP contribution < -0.4 is 5.32 Å². The van der Waals surface area contributed by atoms with Crippen molar-refractivity contribution in [1.82, 2.24) is 4.98 Å². The lowest BCUT2D eigenvalue weighted by Gasteiger charge is -2.05. The van der Waals surface area contributed by atoms with Crippen LogP contribution in [0.15, 0.2) is 42.6 Å². The van der Waals surface area contributed by atoms with Crippen LogP contribution in [0.1, 0.15) is 12.5 Å². The number of alkyl halides is 1. The van der Waals surface area contributed by atoms with Crippen LogP contribution in [-0.4, -0.2) is 10.9 Å². The van der Waals surface area contributed by atoms with Gasteiger partial charge in [-0.05, 0) is 29.8 Å². The number of carbonyl (C=O) groups is 1.